The standard InChI is InChI=1S/C12H23F3N2O/c1-3-10(8-18-2)16-11-4-6-17(7-5-11)9-12(13,14)15/h10-11,16H,3-9H2,1-2H3. The Labute approximate surface area is 107 Å². The summed E-state index contributed by atoms with van der Waals surface area (Å²) >= 11 is 0. The van der Waals surface area contributed by atoms with Gasteiger partial charge in [-0.2, -0.15) is 13.2 Å². The van der Waals surface area contributed by atoms with Crippen molar-refractivity contribution in [2.75, 3.05) is 33.4 Å². The molecule has 0 saturated carbocycles. The first-order valence-electron chi connectivity index (χ1n) is 6.48. The van der Waals surface area contributed by atoms with E-state index in [9.17, 15) is 13.2 Å². The van der Waals surface area contributed by atoms with Crippen LogP contribution in [0.2, 0.25) is 0 Å². The number of hydrogen-bond donors (Lipinski definition) is 1. The van der Waals surface area contributed by atoms with E-state index in [0.717, 1.165) is 19.3 Å². The van der Waals surface area contributed by atoms with E-state index in [1.807, 2.05) is 0 Å². The van der Waals surface area contributed by atoms with Crippen molar-refractivity contribution in [2.24, 2.45) is 0 Å². The van der Waals surface area contributed by atoms with Gasteiger partial charge in [-0.3, -0.25) is 4.90 Å². The smallest absolute Gasteiger partial charge is 0.383 e. The number of ether oxygens (including phenoxy) is 1. The van der Waals surface area contributed by atoms with Gasteiger partial charge in [0, 0.05) is 19.2 Å². The Morgan fingerprint density at radius 1 is 1.33 bits per heavy atom. The molecule has 1 heterocycles. The summed E-state index contributed by atoms with van der Waals surface area (Å²) in [6, 6.07) is 0.615. The first-order chi connectivity index (χ1) is 8.44. The third-order valence-corrected chi connectivity index (χ3v) is 3.32. The quantitative estimate of drug-likeness (QED) is 0.797. The van der Waals surface area contributed by atoms with Gasteiger partial charge < -0.3 is 10.1 Å². The van der Waals surface area contributed by atoms with Gasteiger partial charge >= 0.3 is 6.18 Å². The molecule has 1 saturated heterocycles. The van der Waals surface area contributed by atoms with Crippen LogP contribution in [0.4, 0.5) is 13.2 Å². The van der Waals surface area contributed by atoms with Crippen LogP contribution in [-0.4, -0.2) is 56.5 Å². The SMILES string of the molecule is CCC(COC)NC1CCN(CC(F)(F)F)CC1. The van der Waals surface area contributed by atoms with Gasteiger partial charge in [0.25, 0.3) is 0 Å². The number of methoxy groups -OCH3 is 1. The molecule has 1 unspecified atom stereocenters. The van der Waals surface area contributed by atoms with Crippen LogP contribution in [0.1, 0.15) is 26.2 Å². The van der Waals surface area contributed by atoms with Gasteiger partial charge in [0.05, 0.1) is 13.2 Å². The minimum Gasteiger partial charge on any atom is -0.383 e. The summed E-state index contributed by atoms with van der Waals surface area (Å²) in [6.45, 7) is 2.98. The van der Waals surface area contributed by atoms with E-state index in [1.165, 1.54) is 4.90 Å². The van der Waals surface area contributed by atoms with Crippen molar-refractivity contribution in [1.82, 2.24) is 10.2 Å². The molecular formula is C12H23F3N2O. The molecule has 0 aliphatic carbocycles. The highest BCUT2D eigenvalue weighted by atomic mass is 19.4. The topological polar surface area (TPSA) is 24.5 Å². The molecule has 0 aromatic rings. The molecule has 0 aromatic heterocycles. The van der Waals surface area contributed by atoms with E-state index in [1.54, 1.807) is 7.11 Å². The van der Waals surface area contributed by atoms with E-state index in [-0.39, 0.29) is 0 Å². The van der Waals surface area contributed by atoms with Crippen LogP contribution in [-0.2, 0) is 4.74 Å². The van der Waals surface area contributed by atoms with Crippen LogP contribution in [0.5, 0.6) is 0 Å². The van der Waals surface area contributed by atoms with Gasteiger partial charge in [0.15, 0.2) is 0 Å². The van der Waals surface area contributed by atoms with E-state index in [4.69, 9.17) is 4.74 Å². The van der Waals surface area contributed by atoms with Crippen molar-refractivity contribution in [3.63, 3.8) is 0 Å². The number of likely N-dealkylation sites (tertiary alicyclic amines) is 1. The largest absolute Gasteiger partial charge is 0.401 e. The Hall–Kier alpha value is -0.330. The van der Waals surface area contributed by atoms with Crippen molar-refractivity contribution >= 4 is 0 Å². The lowest BCUT2D eigenvalue weighted by Gasteiger charge is -2.34. The maximum absolute atomic E-state index is 12.2. The van der Waals surface area contributed by atoms with Crippen LogP contribution >= 0.6 is 0 Å². The molecule has 18 heavy (non-hydrogen) atoms. The van der Waals surface area contributed by atoms with E-state index >= 15 is 0 Å². The Balaban J connectivity index is 2.26. The fourth-order valence-corrected chi connectivity index (χ4v) is 2.33. The lowest BCUT2D eigenvalue weighted by Crippen LogP contribution is -2.49. The lowest BCUT2D eigenvalue weighted by molar-refractivity contribution is -0.148. The lowest BCUT2D eigenvalue weighted by atomic mass is 10.0. The van der Waals surface area contributed by atoms with Crippen molar-refractivity contribution in [3.8, 4) is 0 Å². The average molecular weight is 268 g/mol. The highest BCUT2D eigenvalue weighted by Crippen LogP contribution is 2.20. The zero-order chi connectivity index (χ0) is 13.6. The molecule has 0 radical (unpaired) electrons. The number of hydrogen-bond acceptors (Lipinski definition) is 3. The fourth-order valence-electron chi connectivity index (χ4n) is 2.33. The molecule has 1 fully saturated rings. The van der Waals surface area contributed by atoms with Gasteiger partial charge in [-0.1, -0.05) is 6.92 Å². The summed E-state index contributed by atoms with van der Waals surface area (Å²) in [5, 5.41) is 3.46. The van der Waals surface area contributed by atoms with Gasteiger partial charge in [-0.05, 0) is 32.4 Å². The highest BCUT2D eigenvalue weighted by molar-refractivity contribution is 4.81. The number of nitrogens with zero attached hydrogens (tertiary/aromatic N) is 1. The normalized spacial score (nSPS) is 21.2. The number of rotatable bonds is 6. The third kappa shape index (κ3) is 6.02. The molecule has 6 heteroatoms. The summed E-state index contributed by atoms with van der Waals surface area (Å²) in [7, 11) is 1.66. The first-order valence-corrected chi connectivity index (χ1v) is 6.48. The van der Waals surface area contributed by atoms with Crippen molar-refractivity contribution in [1.29, 1.82) is 0 Å². The summed E-state index contributed by atoms with van der Waals surface area (Å²) in [5.41, 5.74) is 0. The summed E-state index contributed by atoms with van der Waals surface area (Å²) in [6.07, 6.45) is -1.56. The molecular weight excluding hydrogens is 245 g/mol. The molecule has 1 atom stereocenters. The fraction of sp³-hybridized carbons (Fsp3) is 1.00. The molecule has 0 bridgehead atoms. The summed E-state index contributed by atoms with van der Waals surface area (Å²) in [4.78, 5) is 1.48. The second-order valence-corrected chi connectivity index (χ2v) is 4.89. The van der Waals surface area contributed by atoms with Crippen molar-refractivity contribution in [2.45, 2.75) is 44.4 Å². The van der Waals surface area contributed by atoms with E-state index in [2.05, 4.69) is 12.2 Å². The maximum Gasteiger partial charge on any atom is 0.401 e. The maximum atomic E-state index is 12.2. The number of piperidine rings is 1. The molecule has 0 amide bonds. The zero-order valence-corrected chi connectivity index (χ0v) is 11.1. The second kappa shape index (κ2) is 7.31. The minimum atomic E-state index is -4.08. The summed E-state index contributed by atoms with van der Waals surface area (Å²) in [5.74, 6) is 0. The molecule has 0 aromatic carbocycles. The molecule has 1 rings (SSSR count). The molecule has 0 spiro atoms. The highest BCUT2D eigenvalue weighted by Gasteiger charge is 2.32. The predicted octanol–water partition coefficient (Wildman–Crippen LogP) is 2.03. The van der Waals surface area contributed by atoms with E-state index in [0.29, 0.717) is 31.8 Å². The van der Waals surface area contributed by atoms with E-state index < -0.39 is 12.7 Å². The van der Waals surface area contributed by atoms with Crippen LogP contribution in [0.3, 0.4) is 0 Å². The first kappa shape index (κ1) is 15.7. The molecule has 1 N–H and O–H groups in total. The van der Waals surface area contributed by atoms with Crippen LogP contribution in [0, 0.1) is 0 Å². The van der Waals surface area contributed by atoms with Crippen LogP contribution in [0.15, 0.2) is 0 Å². The third-order valence-electron chi connectivity index (χ3n) is 3.32. The van der Waals surface area contributed by atoms with Crippen LogP contribution in [0.25, 0.3) is 0 Å². The van der Waals surface area contributed by atoms with Gasteiger partial charge in [-0.15, -0.1) is 0 Å². The molecule has 1 aliphatic rings. The Kier molecular flexibility index (Phi) is 6.38. The summed E-state index contributed by atoms with van der Waals surface area (Å²) < 4.78 is 41.8. The average Bonchev–Trinajstić information content (AvgIpc) is 2.29. The minimum absolute atomic E-state index is 0.300. The Morgan fingerprint density at radius 2 is 1.94 bits per heavy atom. The van der Waals surface area contributed by atoms with Crippen molar-refractivity contribution < 1.29 is 17.9 Å². The Morgan fingerprint density at radius 3 is 2.39 bits per heavy atom. The van der Waals surface area contributed by atoms with Crippen molar-refractivity contribution in [3.05, 3.63) is 0 Å². The zero-order valence-electron chi connectivity index (χ0n) is 11.1. The van der Waals surface area contributed by atoms with Gasteiger partial charge in [0.1, 0.15) is 0 Å². The monoisotopic (exact) mass is 268 g/mol. The second-order valence-electron chi connectivity index (χ2n) is 4.89. The van der Waals surface area contributed by atoms with Gasteiger partial charge in [-0.25, -0.2) is 0 Å². The van der Waals surface area contributed by atoms with Crippen LogP contribution < -0.4 is 5.32 Å². The molecule has 3 nitrogen and oxygen atoms in total. The predicted molar refractivity (Wildman–Crippen MR) is 64.6 cm³/mol. The number of nitrogens with one attached hydrogen (secondary N) is 1. The number of halogens is 3. The molecule has 1 aliphatic heterocycles. The number of alkyl halides is 3. The molecule has 108 valence electrons. The Bertz CT molecular complexity index is 228. The van der Waals surface area contributed by atoms with Gasteiger partial charge in [0.2, 0.25) is 0 Å².